The van der Waals surface area contributed by atoms with Crippen LogP contribution < -0.4 is 11.1 Å². The van der Waals surface area contributed by atoms with Crippen molar-refractivity contribution in [3.05, 3.63) is 65.2 Å². The van der Waals surface area contributed by atoms with E-state index in [2.05, 4.69) is 17.4 Å². The largest absolute Gasteiger partial charge is 0.399 e. The number of carbonyl (C=O) groups excluding carboxylic acids is 1. The van der Waals surface area contributed by atoms with Crippen LogP contribution >= 0.6 is 0 Å². The van der Waals surface area contributed by atoms with Crippen molar-refractivity contribution in [1.29, 1.82) is 0 Å². The quantitative estimate of drug-likeness (QED) is 0.839. The molecule has 0 bridgehead atoms. The van der Waals surface area contributed by atoms with Crippen molar-refractivity contribution in [1.82, 2.24) is 5.32 Å². The lowest BCUT2D eigenvalue weighted by molar-refractivity contribution is 0.0949. The van der Waals surface area contributed by atoms with E-state index < -0.39 is 0 Å². The number of benzene rings is 2. The van der Waals surface area contributed by atoms with E-state index in [4.69, 9.17) is 5.73 Å². The summed E-state index contributed by atoms with van der Waals surface area (Å²) in [5.41, 5.74) is 9.29. The molecule has 0 radical (unpaired) electrons. The number of hydrogen-bond acceptors (Lipinski definition) is 2. The zero-order valence-electron chi connectivity index (χ0n) is 11.5. The zero-order chi connectivity index (χ0) is 14.1. The molecule has 2 aromatic rings. The predicted octanol–water partition coefficient (Wildman–Crippen LogP) is 2.86. The van der Waals surface area contributed by atoms with Crippen LogP contribution in [0.1, 0.15) is 33.8 Å². The minimum Gasteiger partial charge on any atom is -0.399 e. The Morgan fingerprint density at radius 2 is 1.95 bits per heavy atom. The molecule has 3 N–H and O–H groups in total. The van der Waals surface area contributed by atoms with E-state index in [0.29, 0.717) is 17.2 Å². The van der Waals surface area contributed by atoms with Crippen LogP contribution in [0.2, 0.25) is 0 Å². The first-order chi connectivity index (χ1) is 9.65. The molecule has 2 aromatic carbocycles. The van der Waals surface area contributed by atoms with E-state index in [1.54, 1.807) is 6.07 Å². The molecule has 0 heterocycles. The van der Waals surface area contributed by atoms with Gasteiger partial charge in [-0.2, -0.15) is 0 Å². The van der Waals surface area contributed by atoms with Gasteiger partial charge >= 0.3 is 0 Å². The summed E-state index contributed by atoms with van der Waals surface area (Å²) in [6, 6.07) is 16.0. The Kier molecular flexibility index (Phi) is 3.18. The lowest BCUT2D eigenvalue weighted by Crippen LogP contribution is -2.27. The normalized spacial score (nSPS) is 20.4. The highest BCUT2D eigenvalue weighted by Gasteiger charge is 2.39. The minimum atomic E-state index is -0.0294. The van der Waals surface area contributed by atoms with Crippen molar-refractivity contribution in [2.24, 2.45) is 0 Å². The molecule has 102 valence electrons. The van der Waals surface area contributed by atoms with Crippen LogP contribution in [0.3, 0.4) is 0 Å². The van der Waals surface area contributed by atoms with Gasteiger partial charge in [-0.25, -0.2) is 0 Å². The fourth-order valence-electron chi connectivity index (χ4n) is 2.55. The molecule has 0 aliphatic heterocycles. The molecule has 0 spiro atoms. The maximum Gasteiger partial charge on any atom is 0.251 e. The lowest BCUT2D eigenvalue weighted by Gasteiger charge is -2.08. The number of carbonyl (C=O) groups is 1. The summed E-state index contributed by atoms with van der Waals surface area (Å²) in [6.45, 7) is 1.93. The monoisotopic (exact) mass is 266 g/mol. The van der Waals surface area contributed by atoms with Crippen LogP contribution in [0, 0.1) is 6.92 Å². The second-order valence-electron chi connectivity index (χ2n) is 5.41. The van der Waals surface area contributed by atoms with E-state index in [1.807, 2.05) is 37.3 Å². The van der Waals surface area contributed by atoms with Gasteiger partial charge in [0.15, 0.2) is 0 Å². The number of amides is 1. The Balaban J connectivity index is 1.68. The van der Waals surface area contributed by atoms with Crippen molar-refractivity contribution in [3.63, 3.8) is 0 Å². The van der Waals surface area contributed by atoms with Gasteiger partial charge in [-0.1, -0.05) is 36.4 Å². The molecule has 2 atom stereocenters. The summed E-state index contributed by atoms with van der Waals surface area (Å²) in [5.74, 6) is 0.416. The van der Waals surface area contributed by atoms with E-state index in [0.717, 1.165) is 12.0 Å². The number of aryl methyl sites for hydroxylation is 1. The number of nitrogens with two attached hydrogens (primary N) is 1. The molecular formula is C17H18N2O. The second kappa shape index (κ2) is 5.00. The Bertz CT molecular complexity index is 637. The fraction of sp³-hybridized carbons (Fsp3) is 0.235. The van der Waals surface area contributed by atoms with Gasteiger partial charge in [0.2, 0.25) is 0 Å². The van der Waals surface area contributed by atoms with Crippen molar-refractivity contribution < 1.29 is 4.79 Å². The van der Waals surface area contributed by atoms with Crippen molar-refractivity contribution in [2.75, 3.05) is 5.73 Å². The van der Waals surface area contributed by atoms with Crippen LogP contribution in [-0.4, -0.2) is 11.9 Å². The van der Waals surface area contributed by atoms with Gasteiger partial charge in [0, 0.05) is 23.2 Å². The molecule has 1 amide bonds. The summed E-state index contributed by atoms with van der Waals surface area (Å²) < 4.78 is 0. The first-order valence-corrected chi connectivity index (χ1v) is 6.87. The molecule has 1 aliphatic carbocycles. The van der Waals surface area contributed by atoms with Gasteiger partial charge in [-0.15, -0.1) is 0 Å². The maximum absolute atomic E-state index is 12.3. The highest BCUT2D eigenvalue weighted by Crippen LogP contribution is 2.40. The smallest absolute Gasteiger partial charge is 0.251 e. The standard InChI is InChI=1S/C17H18N2O/c1-11-7-8-13(18)9-14(11)17(20)19-16-10-15(16)12-5-3-2-4-6-12/h2-9,15-16H,10,18H2,1H3,(H,19,20). The maximum atomic E-state index is 12.3. The summed E-state index contributed by atoms with van der Waals surface area (Å²) in [7, 11) is 0. The van der Waals surface area contributed by atoms with Crippen molar-refractivity contribution in [3.8, 4) is 0 Å². The fourth-order valence-corrected chi connectivity index (χ4v) is 2.55. The molecule has 20 heavy (non-hydrogen) atoms. The molecule has 1 fully saturated rings. The molecule has 0 aromatic heterocycles. The van der Waals surface area contributed by atoms with E-state index >= 15 is 0 Å². The third kappa shape index (κ3) is 2.52. The third-order valence-electron chi connectivity index (χ3n) is 3.84. The van der Waals surface area contributed by atoms with Gasteiger partial charge in [-0.05, 0) is 36.6 Å². The Labute approximate surface area is 118 Å². The van der Waals surface area contributed by atoms with Crippen LogP contribution in [0.25, 0.3) is 0 Å². The molecular weight excluding hydrogens is 248 g/mol. The van der Waals surface area contributed by atoms with Crippen LogP contribution in [-0.2, 0) is 0 Å². The zero-order valence-corrected chi connectivity index (χ0v) is 11.5. The van der Waals surface area contributed by atoms with E-state index in [9.17, 15) is 4.79 Å². The Morgan fingerprint density at radius 1 is 1.20 bits per heavy atom. The summed E-state index contributed by atoms with van der Waals surface area (Å²) in [4.78, 5) is 12.3. The van der Waals surface area contributed by atoms with E-state index in [1.165, 1.54) is 5.56 Å². The first-order valence-electron chi connectivity index (χ1n) is 6.87. The van der Waals surface area contributed by atoms with Gasteiger partial charge in [0.05, 0.1) is 0 Å². The molecule has 1 aliphatic rings. The van der Waals surface area contributed by atoms with Gasteiger partial charge < -0.3 is 11.1 Å². The topological polar surface area (TPSA) is 55.1 Å². The van der Waals surface area contributed by atoms with Crippen LogP contribution in [0.5, 0.6) is 0 Å². The third-order valence-corrected chi connectivity index (χ3v) is 3.84. The average Bonchev–Trinajstić information content (AvgIpc) is 3.21. The summed E-state index contributed by atoms with van der Waals surface area (Å²) in [5, 5.41) is 3.09. The number of nitrogen functional groups attached to an aromatic ring is 1. The highest BCUT2D eigenvalue weighted by atomic mass is 16.1. The molecule has 3 heteroatoms. The van der Waals surface area contributed by atoms with Gasteiger partial charge in [0.25, 0.3) is 5.91 Å². The lowest BCUT2D eigenvalue weighted by atomic mass is 10.1. The highest BCUT2D eigenvalue weighted by molar-refractivity contribution is 5.96. The SMILES string of the molecule is Cc1ccc(N)cc1C(=O)NC1CC1c1ccccc1. The van der Waals surface area contributed by atoms with Gasteiger partial charge in [-0.3, -0.25) is 4.79 Å². The first kappa shape index (κ1) is 12.7. The summed E-state index contributed by atoms with van der Waals surface area (Å²) >= 11 is 0. The minimum absolute atomic E-state index is 0.0294. The Hall–Kier alpha value is -2.29. The van der Waals surface area contributed by atoms with Crippen molar-refractivity contribution >= 4 is 11.6 Å². The number of nitrogens with one attached hydrogen (secondary N) is 1. The average molecular weight is 266 g/mol. The molecule has 3 nitrogen and oxygen atoms in total. The molecule has 3 rings (SSSR count). The molecule has 1 saturated carbocycles. The molecule has 0 saturated heterocycles. The number of anilines is 1. The van der Waals surface area contributed by atoms with Crippen molar-refractivity contribution in [2.45, 2.75) is 25.3 Å². The second-order valence-corrected chi connectivity index (χ2v) is 5.41. The summed E-state index contributed by atoms with van der Waals surface area (Å²) in [6.07, 6.45) is 1.01. The van der Waals surface area contributed by atoms with Gasteiger partial charge in [0.1, 0.15) is 0 Å². The number of rotatable bonds is 3. The van der Waals surface area contributed by atoms with Crippen LogP contribution in [0.15, 0.2) is 48.5 Å². The van der Waals surface area contributed by atoms with E-state index in [-0.39, 0.29) is 11.9 Å². The molecule has 2 unspecified atom stereocenters. The predicted molar refractivity (Wildman–Crippen MR) is 80.6 cm³/mol. The number of hydrogen-bond donors (Lipinski definition) is 2. The van der Waals surface area contributed by atoms with Crippen LogP contribution in [0.4, 0.5) is 5.69 Å². The Morgan fingerprint density at radius 3 is 2.70 bits per heavy atom.